The van der Waals surface area contributed by atoms with Gasteiger partial charge in [-0.1, -0.05) is 13.8 Å². The van der Waals surface area contributed by atoms with Crippen LogP contribution < -0.4 is 4.90 Å². The number of hydrogen-bond acceptors (Lipinski definition) is 5. The summed E-state index contributed by atoms with van der Waals surface area (Å²) in [5, 5.41) is 8.93. The molecule has 0 atom stereocenters. The van der Waals surface area contributed by atoms with Gasteiger partial charge in [0.15, 0.2) is 0 Å². The van der Waals surface area contributed by atoms with Gasteiger partial charge >= 0.3 is 11.9 Å². The number of carboxylic acids is 1. The number of anilines is 1. The van der Waals surface area contributed by atoms with E-state index in [9.17, 15) is 9.59 Å². The molecule has 0 spiro atoms. The highest BCUT2D eigenvalue weighted by Gasteiger charge is 2.15. The van der Waals surface area contributed by atoms with E-state index in [1.54, 1.807) is 11.0 Å². The molecule has 0 saturated heterocycles. The minimum atomic E-state index is -0.919. The van der Waals surface area contributed by atoms with Gasteiger partial charge in [0.25, 0.3) is 0 Å². The number of pyridine rings is 1. The van der Waals surface area contributed by atoms with Crippen molar-refractivity contribution in [3.63, 3.8) is 0 Å². The lowest BCUT2D eigenvalue weighted by atomic mass is 10.2. The predicted octanol–water partition coefficient (Wildman–Crippen LogP) is 1.42. The highest BCUT2D eigenvalue weighted by atomic mass is 16.5. The number of carbonyl (C=O) groups excluding carboxylic acids is 1. The monoisotopic (exact) mass is 266 g/mol. The lowest BCUT2D eigenvalue weighted by Gasteiger charge is -2.24. The Hall–Kier alpha value is -2.11. The first-order valence-corrected chi connectivity index (χ1v) is 5.95. The van der Waals surface area contributed by atoms with Gasteiger partial charge in [0, 0.05) is 18.4 Å². The van der Waals surface area contributed by atoms with E-state index in [0.717, 1.165) is 0 Å². The fourth-order valence-electron chi connectivity index (χ4n) is 1.70. The summed E-state index contributed by atoms with van der Waals surface area (Å²) in [5.74, 6) is -1.16. The number of esters is 1. The van der Waals surface area contributed by atoms with E-state index in [2.05, 4.69) is 9.72 Å². The number of ether oxygens (including phenoxy) is 1. The van der Waals surface area contributed by atoms with Crippen LogP contribution in [0.2, 0.25) is 0 Å². The Balaban J connectivity index is 3.00. The van der Waals surface area contributed by atoms with Gasteiger partial charge in [0.2, 0.25) is 0 Å². The van der Waals surface area contributed by atoms with Gasteiger partial charge < -0.3 is 14.7 Å². The third kappa shape index (κ3) is 4.57. The summed E-state index contributed by atoms with van der Waals surface area (Å²) in [4.78, 5) is 27.9. The molecule has 0 bridgehead atoms. The van der Waals surface area contributed by atoms with Crippen molar-refractivity contribution in [3.05, 3.63) is 24.0 Å². The van der Waals surface area contributed by atoms with Crippen molar-refractivity contribution in [3.8, 4) is 0 Å². The second kappa shape index (κ2) is 6.72. The highest BCUT2D eigenvalue weighted by molar-refractivity contribution is 5.88. The molecule has 0 aliphatic carbocycles. The first-order valence-electron chi connectivity index (χ1n) is 5.95. The average molecular weight is 266 g/mol. The number of carboxylic acid groups (broad SMARTS) is 1. The molecule has 0 aliphatic rings. The van der Waals surface area contributed by atoms with Crippen LogP contribution in [0.15, 0.2) is 18.3 Å². The lowest BCUT2D eigenvalue weighted by Crippen LogP contribution is -2.33. The molecule has 0 aliphatic heterocycles. The Bertz CT molecular complexity index is 460. The Morgan fingerprint density at radius 3 is 2.68 bits per heavy atom. The standard InChI is InChI=1S/C13H18N2O4/c1-9(2)7-15(8-12(16)17)10-4-5-14-11(6-10)13(18)19-3/h4-6,9H,7-8H2,1-3H3,(H,16,17). The van der Waals surface area contributed by atoms with Gasteiger partial charge in [-0.3, -0.25) is 4.79 Å². The summed E-state index contributed by atoms with van der Waals surface area (Å²) in [6.07, 6.45) is 1.47. The Morgan fingerprint density at radius 1 is 1.47 bits per heavy atom. The zero-order chi connectivity index (χ0) is 14.4. The van der Waals surface area contributed by atoms with Gasteiger partial charge in [0.1, 0.15) is 12.2 Å². The summed E-state index contributed by atoms with van der Waals surface area (Å²) in [6, 6.07) is 3.22. The molecule has 0 amide bonds. The van der Waals surface area contributed by atoms with Gasteiger partial charge in [0.05, 0.1) is 7.11 Å². The molecule has 6 heteroatoms. The topological polar surface area (TPSA) is 79.7 Å². The zero-order valence-corrected chi connectivity index (χ0v) is 11.3. The molecule has 104 valence electrons. The third-order valence-corrected chi connectivity index (χ3v) is 2.41. The van der Waals surface area contributed by atoms with E-state index in [0.29, 0.717) is 18.2 Å². The van der Waals surface area contributed by atoms with Gasteiger partial charge in [-0.05, 0) is 18.1 Å². The fourth-order valence-corrected chi connectivity index (χ4v) is 1.70. The number of carbonyl (C=O) groups is 2. The van der Waals surface area contributed by atoms with E-state index in [1.807, 2.05) is 13.8 Å². The molecule has 1 aromatic heterocycles. The maximum Gasteiger partial charge on any atom is 0.356 e. The SMILES string of the molecule is COC(=O)c1cc(N(CC(=O)O)CC(C)C)ccn1. The van der Waals surface area contributed by atoms with Gasteiger partial charge in [-0.15, -0.1) is 0 Å². The minimum Gasteiger partial charge on any atom is -0.480 e. The van der Waals surface area contributed by atoms with Crippen LogP contribution in [0.25, 0.3) is 0 Å². The summed E-state index contributed by atoms with van der Waals surface area (Å²) in [7, 11) is 1.28. The second-order valence-electron chi connectivity index (χ2n) is 4.56. The number of aliphatic carboxylic acids is 1. The molecule has 1 aromatic rings. The van der Waals surface area contributed by atoms with Crippen molar-refractivity contribution >= 4 is 17.6 Å². The van der Waals surface area contributed by atoms with Crippen molar-refractivity contribution in [2.24, 2.45) is 5.92 Å². The number of aromatic nitrogens is 1. The number of methoxy groups -OCH3 is 1. The molecule has 0 radical (unpaired) electrons. The summed E-state index contributed by atoms with van der Waals surface area (Å²) in [5.41, 5.74) is 0.811. The summed E-state index contributed by atoms with van der Waals surface area (Å²) < 4.78 is 4.60. The molecule has 0 unspecified atom stereocenters. The minimum absolute atomic E-state index is 0.122. The van der Waals surface area contributed by atoms with Crippen LogP contribution in [0, 0.1) is 5.92 Å². The first-order chi connectivity index (χ1) is 8.93. The van der Waals surface area contributed by atoms with Crippen LogP contribution in [0.4, 0.5) is 5.69 Å². The van der Waals surface area contributed by atoms with Crippen molar-refractivity contribution in [2.45, 2.75) is 13.8 Å². The molecule has 1 heterocycles. The first kappa shape index (κ1) is 14.9. The van der Waals surface area contributed by atoms with Gasteiger partial charge in [-0.2, -0.15) is 0 Å². The molecule has 6 nitrogen and oxygen atoms in total. The maximum absolute atomic E-state index is 11.4. The van der Waals surface area contributed by atoms with E-state index in [1.165, 1.54) is 19.4 Å². The molecule has 0 fully saturated rings. The molecule has 1 rings (SSSR count). The van der Waals surface area contributed by atoms with E-state index in [4.69, 9.17) is 5.11 Å². The molecule has 0 saturated carbocycles. The average Bonchev–Trinajstić information content (AvgIpc) is 2.36. The molecule has 19 heavy (non-hydrogen) atoms. The van der Waals surface area contributed by atoms with Crippen LogP contribution in [-0.2, 0) is 9.53 Å². The normalized spacial score (nSPS) is 10.3. The van der Waals surface area contributed by atoms with Crippen LogP contribution in [0.3, 0.4) is 0 Å². The molecular formula is C13H18N2O4. The largest absolute Gasteiger partial charge is 0.480 e. The molecule has 0 aromatic carbocycles. The second-order valence-corrected chi connectivity index (χ2v) is 4.56. The molecular weight excluding hydrogens is 248 g/mol. The van der Waals surface area contributed by atoms with Crippen molar-refractivity contribution in [2.75, 3.05) is 25.1 Å². The summed E-state index contributed by atoms with van der Waals surface area (Å²) >= 11 is 0. The fraction of sp³-hybridized carbons (Fsp3) is 0.462. The number of rotatable bonds is 6. The van der Waals surface area contributed by atoms with E-state index < -0.39 is 11.9 Å². The van der Waals surface area contributed by atoms with Crippen molar-refractivity contribution < 1.29 is 19.4 Å². The van der Waals surface area contributed by atoms with Crippen LogP contribution >= 0.6 is 0 Å². The van der Waals surface area contributed by atoms with Crippen LogP contribution in [0.1, 0.15) is 24.3 Å². The predicted molar refractivity (Wildman–Crippen MR) is 70.3 cm³/mol. The Kier molecular flexibility index (Phi) is 5.29. The van der Waals surface area contributed by atoms with Crippen LogP contribution in [-0.4, -0.2) is 42.2 Å². The van der Waals surface area contributed by atoms with E-state index >= 15 is 0 Å². The summed E-state index contributed by atoms with van der Waals surface area (Å²) in [6.45, 7) is 4.45. The third-order valence-electron chi connectivity index (χ3n) is 2.41. The zero-order valence-electron chi connectivity index (χ0n) is 11.3. The number of hydrogen-bond donors (Lipinski definition) is 1. The van der Waals surface area contributed by atoms with Crippen molar-refractivity contribution in [1.29, 1.82) is 0 Å². The van der Waals surface area contributed by atoms with Crippen molar-refractivity contribution in [1.82, 2.24) is 4.98 Å². The van der Waals surface area contributed by atoms with Crippen LogP contribution in [0.5, 0.6) is 0 Å². The van der Waals surface area contributed by atoms with Gasteiger partial charge in [-0.25, -0.2) is 9.78 Å². The lowest BCUT2D eigenvalue weighted by molar-refractivity contribution is -0.135. The quantitative estimate of drug-likeness (QED) is 0.784. The van der Waals surface area contributed by atoms with E-state index in [-0.39, 0.29) is 12.2 Å². The smallest absolute Gasteiger partial charge is 0.356 e. The number of nitrogens with zero attached hydrogens (tertiary/aromatic N) is 2. The molecule has 1 N–H and O–H groups in total. The Morgan fingerprint density at radius 2 is 2.16 bits per heavy atom. The highest BCUT2D eigenvalue weighted by Crippen LogP contribution is 2.16. The Labute approximate surface area is 112 Å². The maximum atomic E-state index is 11.4.